The van der Waals surface area contributed by atoms with Crippen LogP contribution in [-0.4, -0.2) is 22.1 Å². The molecule has 21 heavy (non-hydrogen) atoms. The van der Waals surface area contributed by atoms with Crippen LogP contribution in [0.1, 0.15) is 25.8 Å². The van der Waals surface area contributed by atoms with Gasteiger partial charge in [0.2, 0.25) is 0 Å². The van der Waals surface area contributed by atoms with E-state index in [1.807, 2.05) is 32.0 Å². The first-order valence-electron chi connectivity index (χ1n) is 6.80. The van der Waals surface area contributed by atoms with Crippen molar-refractivity contribution < 1.29 is 9.90 Å². The van der Waals surface area contributed by atoms with Gasteiger partial charge in [-0.25, -0.2) is 9.78 Å². The van der Waals surface area contributed by atoms with E-state index in [0.29, 0.717) is 23.3 Å². The Morgan fingerprint density at radius 3 is 2.76 bits per heavy atom. The van der Waals surface area contributed by atoms with E-state index in [2.05, 4.69) is 16.4 Å². The number of rotatable bonds is 5. The third kappa shape index (κ3) is 3.48. The number of pyridine rings is 1. The first kappa shape index (κ1) is 14.8. The molecule has 0 amide bonds. The van der Waals surface area contributed by atoms with Crippen molar-refractivity contribution in [1.82, 2.24) is 4.98 Å². The molecule has 0 radical (unpaired) electrons. The molecule has 1 heterocycles. The lowest BCUT2D eigenvalue weighted by Gasteiger charge is -2.17. The van der Waals surface area contributed by atoms with Crippen molar-refractivity contribution in [3.05, 3.63) is 35.9 Å². The zero-order valence-corrected chi connectivity index (χ0v) is 12.0. The van der Waals surface area contributed by atoms with Crippen molar-refractivity contribution in [2.24, 2.45) is 5.92 Å². The number of nitrogens with zero attached hydrogens (tertiary/aromatic N) is 2. The SMILES string of the molecule is CC(C)CC(Nc1cc(C#N)c2ccccc2n1)C(=O)O. The summed E-state index contributed by atoms with van der Waals surface area (Å²) < 4.78 is 0. The van der Waals surface area contributed by atoms with Crippen LogP contribution < -0.4 is 5.32 Å². The summed E-state index contributed by atoms with van der Waals surface area (Å²) in [6.45, 7) is 3.93. The summed E-state index contributed by atoms with van der Waals surface area (Å²) in [7, 11) is 0. The quantitative estimate of drug-likeness (QED) is 0.880. The second-order valence-corrected chi connectivity index (χ2v) is 5.35. The lowest BCUT2D eigenvalue weighted by molar-refractivity contribution is -0.138. The van der Waals surface area contributed by atoms with Crippen molar-refractivity contribution in [1.29, 1.82) is 5.26 Å². The number of anilines is 1. The van der Waals surface area contributed by atoms with E-state index in [4.69, 9.17) is 0 Å². The second kappa shape index (κ2) is 6.23. The van der Waals surface area contributed by atoms with E-state index in [0.717, 1.165) is 5.39 Å². The second-order valence-electron chi connectivity index (χ2n) is 5.35. The summed E-state index contributed by atoms with van der Waals surface area (Å²) in [4.78, 5) is 15.7. The maximum Gasteiger partial charge on any atom is 0.326 e. The molecule has 0 fully saturated rings. The van der Waals surface area contributed by atoms with Crippen LogP contribution in [0.25, 0.3) is 10.9 Å². The summed E-state index contributed by atoms with van der Waals surface area (Å²) in [5, 5.41) is 22.2. The molecule has 0 spiro atoms. The number of carbonyl (C=O) groups is 1. The largest absolute Gasteiger partial charge is 0.480 e. The van der Waals surface area contributed by atoms with Crippen LogP contribution in [0.15, 0.2) is 30.3 Å². The number of aromatic nitrogens is 1. The number of hydrogen-bond donors (Lipinski definition) is 2. The summed E-state index contributed by atoms with van der Waals surface area (Å²) >= 11 is 0. The predicted octanol–water partition coefficient (Wildman–Crippen LogP) is 3.02. The average Bonchev–Trinajstić information content (AvgIpc) is 2.45. The molecule has 2 aromatic rings. The van der Waals surface area contributed by atoms with Crippen LogP contribution in [0.2, 0.25) is 0 Å². The molecule has 1 atom stereocenters. The van der Waals surface area contributed by atoms with Gasteiger partial charge in [0.15, 0.2) is 0 Å². The maximum atomic E-state index is 11.3. The Balaban J connectivity index is 2.38. The minimum atomic E-state index is -0.919. The molecule has 1 aromatic heterocycles. The fourth-order valence-electron chi connectivity index (χ4n) is 2.21. The van der Waals surface area contributed by atoms with Gasteiger partial charge in [-0.05, 0) is 24.5 Å². The van der Waals surface area contributed by atoms with Gasteiger partial charge in [-0.1, -0.05) is 32.0 Å². The Kier molecular flexibility index (Phi) is 4.39. The highest BCUT2D eigenvalue weighted by atomic mass is 16.4. The van der Waals surface area contributed by atoms with Gasteiger partial charge >= 0.3 is 5.97 Å². The molecule has 0 aliphatic carbocycles. The Morgan fingerprint density at radius 2 is 2.14 bits per heavy atom. The molecule has 0 bridgehead atoms. The van der Waals surface area contributed by atoms with E-state index in [1.54, 1.807) is 12.1 Å². The first-order valence-corrected chi connectivity index (χ1v) is 6.80. The molecule has 1 aromatic carbocycles. The molecule has 2 N–H and O–H groups in total. The molecular weight excluding hydrogens is 266 g/mol. The van der Waals surface area contributed by atoms with Gasteiger partial charge in [-0.2, -0.15) is 5.26 Å². The third-order valence-electron chi connectivity index (χ3n) is 3.16. The molecule has 5 nitrogen and oxygen atoms in total. The molecule has 0 saturated heterocycles. The molecule has 0 saturated carbocycles. The van der Waals surface area contributed by atoms with E-state index < -0.39 is 12.0 Å². The standard InChI is InChI=1S/C16H17N3O2/c1-10(2)7-14(16(20)21)19-15-8-11(9-17)12-5-3-4-6-13(12)18-15/h3-6,8,10,14H,7H2,1-2H3,(H,18,19)(H,20,21). The highest BCUT2D eigenvalue weighted by Gasteiger charge is 2.19. The van der Waals surface area contributed by atoms with Gasteiger partial charge in [0.25, 0.3) is 0 Å². The van der Waals surface area contributed by atoms with Gasteiger partial charge in [-0.15, -0.1) is 0 Å². The number of aliphatic carboxylic acids is 1. The summed E-state index contributed by atoms with van der Waals surface area (Å²) in [6, 6.07) is 10.3. The Labute approximate surface area is 123 Å². The topological polar surface area (TPSA) is 86.0 Å². The summed E-state index contributed by atoms with van der Waals surface area (Å²) in [5.74, 6) is -0.259. The molecule has 108 valence electrons. The van der Waals surface area contributed by atoms with Crippen molar-refractivity contribution in [2.75, 3.05) is 5.32 Å². The number of para-hydroxylation sites is 1. The number of benzene rings is 1. The zero-order chi connectivity index (χ0) is 15.4. The molecule has 0 aliphatic heterocycles. The molecule has 2 rings (SSSR count). The van der Waals surface area contributed by atoms with Crippen molar-refractivity contribution in [3.8, 4) is 6.07 Å². The zero-order valence-electron chi connectivity index (χ0n) is 12.0. The Hall–Kier alpha value is -2.61. The number of hydrogen-bond acceptors (Lipinski definition) is 4. The van der Waals surface area contributed by atoms with E-state index in [9.17, 15) is 15.2 Å². The molecule has 5 heteroatoms. The Morgan fingerprint density at radius 1 is 1.43 bits per heavy atom. The van der Waals surface area contributed by atoms with Crippen LogP contribution in [0.4, 0.5) is 5.82 Å². The normalized spacial score (nSPS) is 12.1. The average molecular weight is 283 g/mol. The van der Waals surface area contributed by atoms with Crippen molar-refractivity contribution in [2.45, 2.75) is 26.3 Å². The Bertz CT molecular complexity index is 704. The van der Waals surface area contributed by atoms with Crippen LogP contribution in [0.3, 0.4) is 0 Å². The molecule has 0 aliphatic rings. The van der Waals surface area contributed by atoms with Gasteiger partial charge in [0.1, 0.15) is 11.9 Å². The fourth-order valence-corrected chi connectivity index (χ4v) is 2.21. The van der Waals surface area contributed by atoms with Crippen LogP contribution in [0.5, 0.6) is 0 Å². The monoisotopic (exact) mass is 283 g/mol. The number of fused-ring (bicyclic) bond motifs is 1. The minimum Gasteiger partial charge on any atom is -0.480 e. The lowest BCUT2D eigenvalue weighted by atomic mass is 10.0. The third-order valence-corrected chi connectivity index (χ3v) is 3.16. The number of nitrogens with one attached hydrogen (secondary N) is 1. The maximum absolute atomic E-state index is 11.3. The van der Waals surface area contributed by atoms with Crippen molar-refractivity contribution in [3.63, 3.8) is 0 Å². The smallest absolute Gasteiger partial charge is 0.326 e. The van der Waals surface area contributed by atoms with Crippen molar-refractivity contribution >= 4 is 22.7 Å². The van der Waals surface area contributed by atoms with E-state index >= 15 is 0 Å². The number of nitriles is 1. The van der Waals surface area contributed by atoms with Gasteiger partial charge in [0.05, 0.1) is 17.1 Å². The summed E-state index contributed by atoms with van der Waals surface area (Å²) in [5.41, 5.74) is 1.16. The van der Waals surface area contributed by atoms with Crippen LogP contribution in [-0.2, 0) is 4.79 Å². The fraction of sp³-hybridized carbons (Fsp3) is 0.312. The molecule has 1 unspecified atom stereocenters. The molecular formula is C16H17N3O2. The van der Waals surface area contributed by atoms with Crippen LogP contribution >= 0.6 is 0 Å². The predicted molar refractivity (Wildman–Crippen MR) is 81.0 cm³/mol. The lowest BCUT2D eigenvalue weighted by Crippen LogP contribution is -2.31. The number of carboxylic acid groups (broad SMARTS) is 1. The highest BCUT2D eigenvalue weighted by Crippen LogP contribution is 2.21. The van der Waals surface area contributed by atoms with Gasteiger partial charge < -0.3 is 10.4 Å². The highest BCUT2D eigenvalue weighted by molar-refractivity contribution is 5.87. The van der Waals surface area contributed by atoms with Crippen LogP contribution in [0, 0.1) is 17.2 Å². The first-order chi connectivity index (χ1) is 10.0. The van der Waals surface area contributed by atoms with E-state index in [-0.39, 0.29) is 5.92 Å². The number of carboxylic acids is 1. The van der Waals surface area contributed by atoms with E-state index in [1.165, 1.54) is 0 Å². The van der Waals surface area contributed by atoms with Gasteiger partial charge in [-0.3, -0.25) is 0 Å². The summed E-state index contributed by atoms with van der Waals surface area (Å²) in [6.07, 6.45) is 0.492. The minimum absolute atomic E-state index is 0.245. The van der Waals surface area contributed by atoms with Gasteiger partial charge in [0, 0.05) is 5.39 Å².